The maximum absolute atomic E-state index is 13.1. The fraction of sp³-hybridized carbons (Fsp3) is 0.200. The largest absolute Gasteiger partial charge is 0.481 e. The van der Waals surface area contributed by atoms with E-state index in [4.69, 9.17) is 5.11 Å². The number of aryl methyl sites for hydroxylation is 1. The summed E-state index contributed by atoms with van der Waals surface area (Å²) in [6.45, 7) is 0.181. The Morgan fingerprint density at radius 3 is 2.64 bits per heavy atom. The van der Waals surface area contributed by atoms with Crippen LogP contribution in [0.5, 0.6) is 0 Å². The summed E-state index contributed by atoms with van der Waals surface area (Å²) in [5.74, 6) is -1.67. The van der Waals surface area contributed by atoms with Gasteiger partial charge in [0.25, 0.3) is 5.56 Å². The van der Waals surface area contributed by atoms with Crippen molar-refractivity contribution in [1.82, 2.24) is 19.1 Å². The lowest BCUT2D eigenvalue weighted by atomic mass is 10.2. The minimum atomic E-state index is -1.03. The number of aliphatic carboxylic acids is 1. The van der Waals surface area contributed by atoms with Crippen LogP contribution in [0.15, 0.2) is 39.0 Å². The molecule has 1 aromatic carbocycles. The van der Waals surface area contributed by atoms with Crippen molar-refractivity contribution in [2.45, 2.75) is 11.7 Å². The second kappa shape index (κ2) is 6.55. The van der Waals surface area contributed by atoms with E-state index in [9.17, 15) is 18.8 Å². The molecule has 130 valence electrons. The number of carbonyl (C=O) groups is 1. The Morgan fingerprint density at radius 1 is 1.32 bits per heavy atom. The van der Waals surface area contributed by atoms with Crippen molar-refractivity contribution in [3.63, 3.8) is 0 Å². The summed E-state index contributed by atoms with van der Waals surface area (Å²) >= 11 is 0.937. The Kier molecular flexibility index (Phi) is 4.45. The number of carboxylic acid groups (broad SMARTS) is 1. The number of hydrogen-bond donors (Lipinski definition) is 2. The smallest absolute Gasteiger partial charge is 0.329 e. The number of H-pyrrole nitrogens is 1. The number of aromatic amines is 1. The third-order valence-corrected chi connectivity index (χ3v) is 4.51. The van der Waals surface area contributed by atoms with Gasteiger partial charge >= 0.3 is 11.7 Å². The summed E-state index contributed by atoms with van der Waals surface area (Å²) in [6.07, 6.45) is 0. The van der Waals surface area contributed by atoms with Crippen molar-refractivity contribution in [1.29, 1.82) is 0 Å². The van der Waals surface area contributed by atoms with E-state index in [0.29, 0.717) is 5.56 Å². The first kappa shape index (κ1) is 17.0. The number of nitrogens with one attached hydrogen (secondary N) is 1. The molecule has 0 spiro atoms. The van der Waals surface area contributed by atoms with E-state index in [0.717, 1.165) is 11.8 Å². The molecule has 2 aromatic heterocycles. The molecule has 0 fully saturated rings. The Labute approximate surface area is 143 Å². The number of nitrogens with zero attached hydrogens (tertiary/aromatic N) is 3. The van der Waals surface area contributed by atoms with E-state index >= 15 is 0 Å². The molecule has 25 heavy (non-hydrogen) atoms. The van der Waals surface area contributed by atoms with E-state index in [1.807, 2.05) is 0 Å². The van der Waals surface area contributed by atoms with E-state index in [-0.39, 0.29) is 34.4 Å². The molecule has 0 bridgehead atoms. The highest BCUT2D eigenvalue weighted by Crippen LogP contribution is 2.22. The number of benzene rings is 1. The topological polar surface area (TPSA) is 110 Å². The van der Waals surface area contributed by atoms with Crippen LogP contribution in [0.2, 0.25) is 0 Å². The molecule has 3 rings (SSSR count). The molecule has 0 saturated carbocycles. The Bertz CT molecular complexity index is 1070. The molecule has 0 amide bonds. The van der Waals surface area contributed by atoms with E-state index in [1.165, 1.54) is 28.3 Å². The third-order valence-electron chi connectivity index (χ3n) is 3.55. The van der Waals surface area contributed by atoms with Crippen molar-refractivity contribution in [3.05, 3.63) is 56.5 Å². The molecule has 0 atom stereocenters. The Morgan fingerprint density at radius 2 is 2.00 bits per heavy atom. The highest BCUT2D eigenvalue weighted by atomic mass is 32.2. The molecule has 2 heterocycles. The first-order chi connectivity index (χ1) is 11.9. The SMILES string of the molecule is Cn1c(=O)[nH]c(=O)c2c1nc(SCC(=O)O)n2Cc1ccc(F)cc1. The van der Waals surface area contributed by atoms with Gasteiger partial charge in [-0.25, -0.2) is 14.2 Å². The lowest BCUT2D eigenvalue weighted by Crippen LogP contribution is -2.29. The molecule has 0 unspecified atom stereocenters. The molecule has 10 heteroatoms. The lowest BCUT2D eigenvalue weighted by Gasteiger charge is -2.08. The zero-order chi connectivity index (χ0) is 18.1. The van der Waals surface area contributed by atoms with Gasteiger partial charge < -0.3 is 9.67 Å². The average molecular weight is 364 g/mol. The number of fused-ring (bicyclic) bond motifs is 1. The summed E-state index contributed by atoms with van der Waals surface area (Å²) < 4.78 is 15.8. The van der Waals surface area contributed by atoms with Crippen LogP contribution in [0.4, 0.5) is 4.39 Å². The molecule has 2 N–H and O–H groups in total. The predicted octanol–water partition coefficient (Wildman–Crippen LogP) is 0.787. The zero-order valence-corrected chi connectivity index (χ0v) is 13.8. The van der Waals surface area contributed by atoms with Crippen molar-refractivity contribution in [3.8, 4) is 0 Å². The van der Waals surface area contributed by atoms with Crippen LogP contribution in [0.1, 0.15) is 5.56 Å². The minimum absolute atomic E-state index is 0.152. The van der Waals surface area contributed by atoms with Crippen molar-refractivity contribution >= 4 is 28.9 Å². The monoisotopic (exact) mass is 364 g/mol. The molecule has 3 aromatic rings. The molecule has 0 aliphatic rings. The van der Waals surface area contributed by atoms with Gasteiger partial charge in [-0.05, 0) is 17.7 Å². The Hall–Kier alpha value is -2.88. The van der Waals surface area contributed by atoms with E-state index in [1.54, 1.807) is 12.1 Å². The van der Waals surface area contributed by atoms with Gasteiger partial charge in [-0.3, -0.25) is 19.1 Å². The predicted molar refractivity (Wildman–Crippen MR) is 89.5 cm³/mol. The average Bonchev–Trinajstić information content (AvgIpc) is 2.92. The molecule has 8 nitrogen and oxygen atoms in total. The summed E-state index contributed by atoms with van der Waals surface area (Å²) in [7, 11) is 1.46. The molecule has 0 saturated heterocycles. The normalized spacial score (nSPS) is 11.1. The maximum Gasteiger partial charge on any atom is 0.329 e. The number of aromatic nitrogens is 4. The van der Waals surface area contributed by atoms with Crippen LogP contribution in [-0.2, 0) is 18.4 Å². The molecular formula is C15H13FN4O4S. The van der Waals surface area contributed by atoms with Crippen molar-refractivity contribution in [2.24, 2.45) is 7.05 Å². The van der Waals surface area contributed by atoms with Crippen LogP contribution in [0.25, 0.3) is 11.2 Å². The highest BCUT2D eigenvalue weighted by molar-refractivity contribution is 7.99. The van der Waals surface area contributed by atoms with Crippen LogP contribution >= 0.6 is 11.8 Å². The van der Waals surface area contributed by atoms with Crippen LogP contribution < -0.4 is 11.2 Å². The van der Waals surface area contributed by atoms with E-state index in [2.05, 4.69) is 9.97 Å². The van der Waals surface area contributed by atoms with Gasteiger partial charge in [-0.1, -0.05) is 23.9 Å². The van der Waals surface area contributed by atoms with Gasteiger partial charge in [0, 0.05) is 7.05 Å². The first-order valence-electron chi connectivity index (χ1n) is 7.15. The summed E-state index contributed by atoms with van der Waals surface area (Å²) in [5.41, 5.74) is -0.220. The number of rotatable bonds is 5. The van der Waals surface area contributed by atoms with Gasteiger partial charge in [0.15, 0.2) is 16.3 Å². The molecular weight excluding hydrogens is 351 g/mol. The summed E-state index contributed by atoms with van der Waals surface area (Å²) in [6, 6.07) is 5.70. The lowest BCUT2D eigenvalue weighted by molar-refractivity contribution is -0.133. The van der Waals surface area contributed by atoms with Gasteiger partial charge in [0.2, 0.25) is 0 Å². The number of imidazole rings is 1. The van der Waals surface area contributed by atoms with E-state index < -0.39 is 17.2 Å². The second-order valence-corrected chi connectivity index (χ2v) is 6.22. The Balaban J connectivity index is 2.18. The minimum Gasteiger partial charge on any atom is -0.481 e. The van der Waals surface area contributed by atoms with Gasteiger partial charge in [-0.2, -0.15) is 0 Å². The fourth-order valence-electron chi connectivity index (χ4n) is 2.37. The summed E-state index contributed by atoms with van der Waals surface area (Å²) in [4.78, 5) is 41.3. The molecule has 0 aliphatic heterocycles. The number of halogens is 1. The standard InChI is InChI=1S/C15H13FN4O4S/c1-19-12-11(13(23)18-14(19)24)20(15(17-12)25-7-10(21)22)6-8-2-4-9(16)5-3-8/h2-5H,6-7H2,1H3,(H,21,22)(H,18,23,24). The third kappa shape index (κ3) is 3.33. The quantitative estimate of drug-likeness (QED) is 0.648. The van der Waals surface area contributed by atoms with Crippen LogP contribution in [-0.4, -0.2) is 35.9 Å². The van der Waals surface area contributed by atoms with Crippen LogP contribution in [0, 0.1) is 5.82 Å². The highest BCUT2D eigenvalue weighted by Gasteiger charge is 2.18. The van der Waals surface area contributed by atoms with Gasteiger partial charge in [-0.15, -0.1) is 0 Å². The maximum atomic E-state index is 13.1. The molecule has 0 radical (unpaired) electrons. The first-order valence-corrected chi connectivity index (χ1v) is 8.14. The van der Waals surface area contributed by atoms with Crippen molar-refractivity contribution < 1.29 is 14.3 Å². The fourth-order valence-corrected chi connectivity index (χ4v) is 3.09. The van der Waals surface area contributed by atoms with Gasteiger partial charge in [0.1, 0.15) is 5.82 Å². The van der Waals surface area contributed by atoms with Gasteiger partial charge in [0.05, 0.1) is 12.3 Å². The zero-order valence-electron chi connectivity index (χ0n) is 13.0. The number of hydrogen-bond acceptors (Lipinski definition) is 5. The van der Waals surface area contributed by atoms with Crippen LogP contribution in [0.3, 0.4) is 0 Å². The molecule has 0 aliphatic carbocycles. The number of carboxylic acids is 1. The second-order valence-electron chi connectivity index (χ2n) is 5.28. The van der Waals surface area contributed by atoms with Crippen molar-refractivity contribution in [2.75, 3.05) is 5.75 Å². The summed E-state index contributed by atoms with van der Waals surface area (Å²) in [5, 5.41) is 9.18. The number of thioether (sulfide) groups is 1.